The van der Waals surface area contributed by atoms with Crippen molar-refractivity contribution < 1.29 is 5.11 Å². The SMILES string of the molecule is CCC(CC)C(O)CNc1ncc(Cl)cc1Br. The number of nitrogens with zero attached hydrogens (tertiary/aromatic N) is 1. The summed E-state index contributed by atoms with van der Waals surface area (Å²) >= 11 is 9.18. The zero-order valence-electron chi connectivity index (χ0n) is 10.1. The molecule has 2 N–H and O–H groups in total. The maximum atomic E-state index is 9.98. The van der Waals surface area contributed by atoms with Gasteiger partial charge in [0, 0.05) is 12.7 Å². The molecule has 1 aromatic rings. The minimum atomic E-state index is -0.352. The summed E-state index contributed by atoms with van der Waals surface area (Å²) < 4.78 is 0.807. The maximum Gasteiger partial charge on any atom is 0.140 e. The highest BCUT2D eigenvalue weighted by atomic mass is 79.9. The number of nitrogens with one attached hydrogen (secondary N) is 1. The van der Waals surface area contributed by atoms with Crippen molar-refractivity contribution in [2.24, 2.45) is 5.92 Å². The van der Waals surface area contributed by atoms with Crippen molar-refractivity contribution in [1.82, 2.24) is 4.98 Å². The monoisotopic (exact) mass is 320 g/mol. The number of pyridine rings is 1. The average molecular weight is 322 g/mol. The fourth-order valence-corrected chi connectivity index (χ4v) is 2.52. The van der Waals surface area contributed by atoms with Crippen molar-refractivity contribution in [3.63, 3.8) is 0 Å². The van der Waals surface area contributed by atoms with Crippen molar-refractivity contribution in [3.05, 3.63) is 21.8 Å². The predicted molar refractivity (Wildman–Crippen MR) is 75.5 cm³/mol. The van der Waals surface area contributed by atoms with Crippen molar-refractivity contribution in [1.29, 1.82) is 0 Å². The van der Waals surface area contributed by atoms with Gasteiger partial charge in [0.1, 0.15) is 5.82 Å². The Kier molecular flexibility index (Phi) is 6.23. The first-order valence-electron chi connectivity index (χ1n) is 5.81. The quantitative estimate of drug-likeness (QED) is 0.839. The number of anilines is 1. The van der Waals surface area contributed by atoms with Gasteiger partial charge in [-0.1, -0.05) is 38.3 Å². The van der Waals surface area contributed by atoms with Gasteiger partial charge in [0.05, 0.1) is 15.6 Å². The molecule has 0 saturated carbocycles. The molecule has 0 aromatic carbocycles. The first kappa shape index (κ1) is 14.7. The summed E-state index contributed by atoms with van der Waals surface area (Å²) in [6.07, 6.45) is 3.19. The number of rotatable bonds is 6. The van der Waals surface area contributed by atoms with E-state index in [1.54, 1.807) is 12.3 Å². The van der Waals surface area contributed by atoms with Crippen LogP contribution >= 0.6 is 27.5 Å². The first-order valence-corrected chi connectivity index (χ1v) is 6.98. The molecule has 0 aliphatic heterocycles. The van der Waals surface area contributed by atoms with Gasteiger partial charge in [-0.25, -0.2) is 4.98 Å². The van der Waals surface area contributed by atoms with E-state index in [-0.39, 0.29) is 6.10 Å². The van der Waals surface area contributed by atoms with E-state index in [0.717, 1.165) is 17.3 Å². The van der Waals surface area contributed by atoms with E-state index in [1.807, 2.05) is 0 Å². The van der Waals surface area contributed by atoms with Gasteiger partial charge in [-0.15, -0.1) is 0 Å². The van der Waals surface area contributed by atoms with Crippen LogP contribution in [0, 0.1) is 5.92 Å². The number of aliphatic hydroxyl groups is 1. The van der Waals surface area contributed by atoms with Crippen LogP contribution in [-0.2, 0) is 0 Å². The predicted octanol–water partition coefficient (Wildman–Crippen LogP) is 3.71. The second-order valence-corrected chi connectivity index (χ2v) is 5.30. The topological polar surface area (TPSA) is 45.1 Å². The molecule has 0 fully saturated rings. The third-order valence-corrected chi connectivity index (χ3v) is 3.69. The standard InChI is InChI=1S/C12H18BrClN2O/c1-3-8(4-2)11(17)7-16-12-10(13)5-9(14)6-15-12/h5-6,8,11,17H,3-4,7H2,1-2H3,(H,15,16). The van der Waals surface area contributed by atoms with E-state index in [9.17, 15) is 5.11 Å². The lowest BCUT2D eigenvalue weighted by atomic mass is 9.97. The van der Waals surface area contributed by atoms with Crippen LogP contribution in [0.25, 0.3) is 0 Å². The summed E-state index contributed by atoms with van der Waals surface area (Å²) in [7, 11) is 0. The number of aliphatic hydroxyl groups excluding tert-OH is 1. The smallest absolute Gasteiger partial charge is 0.140 e. The van der Waals surface area contributed by atoms with Crippen LogP contribution in [-0.4, -0.2) is 22.7 Å². The molecule has 1 aromatic heterocycles. The summed E-state index contributed by atoms with van der Waals surface area (Å²) in [5, 5.41) is 13.7. The third kappa shape index (κ3) is 4.45. The van der Waals surface area contributed by atoms with Crippen LogP contribution in [0.5, 0.6) is 0 Å². The second-order valence-electron chi connectivity index (χ2n) is 4.01. The van der Waals surface area contributed by atoms with Crippen molar-refractivity contribution in [2.45, 2.75) is 32.8 Å². The minimum Gasteiger partial charge on any atom is -0.391 e. The van der Waals surface area contributed by atoms with E-state index in [2.05, 4.69) is 40.1 Å². The summed E-state index contributed by atoms with van der Waals surface area (Å²) in [5.74, 6) is 1.04. The molecule has 1 atom stereocenters. The summed E-state index contributed by atoms with van der Waals surface area (Å²) in [6.45, 7) is 4.68. The molecule has 5 heteroatoms. The lowest BCUT2D eigenvalue weighted by Gasteiger charge is -2.20. The summed E-state index contributed by atoms with van der Waals surface area (Å²) in [4.78, 5) is 4.16. The van der Waals surface area contributed by atoms with Gasteiger partial charge in [-0.2, -0.15) is 0 Å². The number of halogens is 2. The Morgan fingerprint density at radius 2 is 2.12 bits per heavy atom. The normalized spacial score (nSPS) is 12.8. The fourth-order valence-electron chi connectivity index (χ4n) is 1.75. The molecule has 17 heavy (non-hydrogen) atoms. The lowest BCUT2D eigenvalue weighted by Crippen LogP contribution is -2.28. The molecule has 0 saturated heterocycles. The Morgan fingerprint density at radius 3 is 2.65 bits per heavy atom. The summed E-state index contributed by atoms with van der Waals surface area (Å²) in [5.41, 5.74) is 0. The largest absolute Gasteiger partial charge is 0.391 e. The average Bonchev–Trinajstić information content (AvgIpc) is 2.29. The molecule has 0 spiro atoms. The van der Waals surface area contributed by atoms with Crippen LogP contribution in [0.2, 0.25) is 5.02 Å². The van der Waals surface area contributed by atoms with E-state index in [1.165, 1.54) is 0 Å². The number of hydrogen-bond donors (Lipinski definition) is 2. The van der Waals surface area contributed by atoms with Gasteiger partial charge in [0.15, 0.2) is 0 Å². The van der Waals surface area contributed by atoms with Gasteiger partial charge in [-0.3, -0.25) is 0 Å². The third-order valence-electron chi connectivity index (χ3n) is 2.88. The molecule has 0 aliphatic rings. The Labute approximate surface area is 116 Å². The van der Waals surface area contributed by atoms with Crippen LogP contribution in [0.4, 0.5) is 5.82 Å². The van der Waals surface area contributed by atoms with Crippen molar-refractivity contribution in [2.75, 3.05) is 11.9 Å². The van der Waals surface area contributed by atoms with Crippen LogP contribution < -0.4 is 5.32 Å². The molecule has 1 heterocycles. The maximum absolute atomic E-state index is 9.98. The molecule has 1 unspecified atom stereocenters. The van der Waals surface area contributed by atoms with Gasteiger partial charge in [0.25, 0.3) is 0 Å². The molecule has 96 valence electrons. The van der Waals surface area contributed by atoms with Crippen molar-refractivity contribution >= 4 is 33.3 Å². The number of hydrogen-bond acceptors (Lipinski definition) is 3. The highest BCUT2D eigenvalue weighted by Gasteiger charge is 2.15. The first-order chi connectivity index (χ1) is 8.08. The second kappa shape index (κ2) is 7.19. The zero-order chi connectivity index (χ0) is 12.8. The molecule has 0 bridgehead atoms. The fraction of sp³-hybridized carbons (Fsp3) is 0.583. The van der Waals surface area contributed by atoms with E-state index in [4.69, 9.17) is 11.6 Å². The zero-order valence-corrected chi connectivity index (χ0v) is 12.4. The molecule has 0 aliphatic carbocycles. The van der Waals surface area contributed by atoms with Gasteiger partial charge in [-0.05, 0) is 27.9 Å². The van der Waals surface area contributed by atoms with Crippen LogP contribution in [0.1, 0.15) is 26.7 Å². The summed E-state index contributed by atoms with van der Waals surface area (Å²) in [6, 6.07) is 1.78. The molecule has 1 rings (SSSR count). The Bertz CT molecular complexity index is 358. The van der Waals surface area contributed by atoms with E-state index >= 15 is 0 Å². The Balaban J connectivity index is 2.55. The van der Waals surface area contributed by atoms with Crippen molar-refractivity contribution in [3.8, 4) is 0 Å². The molecule has 0 radical (unpaired) electrons. The highest BCUT2D eigenvalue weighted by Crippen LogP contribution is 2.23. The molecule has 0 amide bonds. The Hall–Kier alpha value is -0.320. The minimum absolute atomic E-state index is 0.327. The van der Waals surface area contributed by atoms with Gasteiger partial charge >= 0.3 is 0 Å². The van der Waals surface area contributed by atoms with Gasteiger partial charge in [0.2, 0.25) is 0 Å². The molecular formula is C12H18BrClN2O. The molecule has 3 nitrogen and oxygen atoms in total. The van der Waals surface area contributed by atoms with Crippen LogP contribution in [0.3, 0.4) is 0 Å². The highest BCUT2D eigenvalue weighted by molar-refractivity contribution is 9.10. The van der Waals surface area contributed by atoms with Gasteiger partial charge < -0.3 is 10.4 Å². The van der Waals surface area contributed by atoms with E-state index < -0.39 is 0 Å². The van der Waals surface area contributed by atoms with Crippen LogP contribution in [0.15, 0.2) is 16.7 Å². The van der Waals surface area contributed by atoms with E-state index in [0.29, 0.717) is 23.3 Å². The lowest BCUT2D eigenvalue weighted by molar-refractivity contribution is 0.114. The Morgan fingerprint density at radius 1 is 1.47 bits per heavy atom. The number of aromatic nitrogens is 1. The molecular weight excluding hydrogens is 304 g/mol.